The Morgan fingerprint density at radius 3 is 1.60 bits per heavy atom. The van der Waals surface area contributed by atoms with Crippen molar-refractivity contribution in [3.05, 3.63) is 240 Å². The molecule has 1 unspecified atom stereocenters. The molecule has 0 fully saturated rings. The van der Waals surface area contributed by atoms with Gasteiger partial charge in [-0.3, -0.25) is 0 Å². The van der Waals surface area contributed by atoms with Crippen molar-refractivity contribution in [2.75, 3.05) is 0 Å². The van der Waals surface area contributed by atoms with Gasteiger partial charge >= 0.3 is 0 Å². The molecule has 0 radical (unpaired) electrons. The molecule has 0 amide bonds. The third-order valence-electron chi connectivity index (χ3n) is 14.0. The van der Waals surface area contributed by atoms with E-state index in [2.05, 4.69) is 114 Å². The van der Waals surface area contributed by atoms with Crippen LogP contribution in [-0.4, -0.2) is 19.5 Å². The minimum Gasteiger partial charge on any atom is -0.309 e. The minimum absolute atomic E-state index is 0.00950. The number of halogens is 2. The second-order valence-corrected chi connectivity index (χ2v) is 17.3. The van der Waals surface area contributed by atoms with E-state index in [4.69, 9.17) is 15.0 Å². The van der Waals surface area contributed by atoms with Crippen LogP contribution < -0.4 is 0 Å². The molecule has 1 spiro atoms. The molecule has 14 rings (SSSR count). The van der Waals surface area contributed by atoms with E-state index in [1.807, 2.05) is 78.9 Å². The van der Waals surface area contributed by atoms with E-state index >= 15 is 8.78 Å². The standard InChI is InChI=1S/C59H34F2N4/c60-59(61)47-30-27-37(32-44(47)45-33-39(28-31-48(45)59)57-63-55(35-14-3-1-4-15-35)62-56(64-57)36-16-5-2-6-17-36)38-26-29-41-40-18-7-9-21-46(40)58(51(41)34-38)49-22-10-12-25-53(49)65-52-24-11-8-19-42(52)43-20-13-23-50(58)54(43)65/h1-34H. The maximum atomic E-state index is 16.5. The average molecular weight is 837 g/mol. The van der Waals surface area contributed by atoms with Crippen molar-refractivity contribution in [3.8, 4) is 73.2 Å². The summed E-state index contributed by atoms with van der Waals surface area (Å²) in [6.07, 6.45) is 0. The van der Waals surface area contributed by atoms with Gasteiger partial charge in [-0.25, -0.2) is 15.0 Å². The number of para-hydroxylation sites is 3. The maximum absolute atomic E-state index is 16.5. The Labute approximate surface area is 372 Å². The monoisotopic (exact) mass is 836 g/mol. The fourth-order valence-corrected chi connectivity index (χ4v) is 11.2. The maximum Gasteiger partial charge on any atom is 0.299 e. The van der Waals surface area contributed by atoms with E-state index in [1.54, 1.807) is 12.1 Å². The first kappa shape index (κ1) is 36.2. The van der Waals surface area contributed by atoms with Crippen LogP contribution >= 0.6 is 0 Å². The van der Waals surface area contributed by atoms with Crippen molar-refractivity contribution >= 4 is 21.8 Å². The van der Waals surface area contributed by atoms with E-state index < -0.39 is 11.3 Å². The van der Waals surface area contributed by atoms with E-state index in [0.29, 0.717) is 34.2 Å². The molecule has 9 aromatic carbocycles. The largest absolute Gasteiger partial charge is 0.309 e. The highest BCUT2D eigenvalue weighted by molar-refractivity contribution is 6.13. The summed E-state index contributed by atoms with van der Waals surface area (Å²) in [4.78, 5) is 14.7. The molecule has 0 bridgehead atoms. The van der Waals surface area contributed by atoms with Gasteiger partial charge in [0.1, 0.15) is 0 Å². The molecule has 0 saturated heterocycles. The molecule has 304 valence electrons. The Hall–Kier alpha value is -8.35. The molecule has 3 aliphatic rings. The molecular formula is C59H34F2N4. The van der Waals surface area contributed by atoms with Gasteiger partial charge in [-0.2, -0.15) is 8.78 Å². The van der Waals surface area contributed by atoms with Crippen LogP contribution in [0.3, 0.4) is 0 Å². The first-order valence-corrected chi connectivity index (χ1v) is 21.9. The Morgan fingerprint density at radius 2 is 0.862 bits per heavy atom. The van der Waals surface area contributed by atoms with E-state index in [9.17, 15) is 0 Å². The number of rotatable bonds is 4. The Morgan fingerprint density at radius 1 is 0.338 bits per heavy atom. The average Bonchev–Trinajstić information content (AvgIpc) is 3.94. The van der Waals surface area contributed by atoms with Gasteiger partial charge in [0, 0.05) is 38.6 Å². The Balaban J connectivity index is 0.956. The molecule has 1 atom stereocenters. The summed E-state index contributed by atoms with van der Waals surface area (Å²) in [5, 5.41) is 2.44. The van der Waals surface area contributed by atoms with Crippen molar-refractivity contribution in [1.82, 2.24) is 19.5 Å². The number of benzene rings is 9. The number of aromatic nitrogens is 4. The summed E-state index contributed by atoms with van der Waals surface area (Å²) in [7, 11) is 0. The number of fused-ring (bicyclic) bond motifs is 15. The first-order chi connectivity index (χ1) is 32.0. The van der Waals surface area contributed by atoms with Crippen molar-refractivity contribution in [2.24, 2.45) is 0 Å². The molecule has 2 aliphatic carbocycles. The number of alkyl halides is 2. The van der Waals surface area contributed by atoms with Crippen LogP contribution in [0.4, 0.5) is 8.78 Å². The molecule has 4 nitrogen and oxygen atoms in total. The molecule has 11 aromatic rings. The van der Waals surface area contributed by atoms with Crippen molar-refractivity contribution < 1.29 is 8.78 Å². The van der Waals surface area contributed by atoms with Gasteiger partial charge in [0.15, 0.2) is 17.5 Å². The van der Waals surface area contributed by atoms with Crippen LogP contribution in [0.25, 0.3) is 95.0 Å². The van der Waals surface area contributed by atoms with Crippen molar-refractivity contribution in [1.29, 1.82) is 0 Å². The fourth-order valence-electron chi connectivity index (χ4n) is 11.2. The molecule has 65 heavy (non-hydrogen) atoms. The minimum atomic E-state index is -3.18. The van der Waals surface area contributed by atoms with Gasteiger partial charge in [0.2, 0.25) is 0 Å². The van der Waals surface area contributed by atoms with Crippen LogP contribution in [-0.2, 0) is 11.3 Å². The molecule has 0 N–H and O–H groups in total. The van der Waals surface area contributed by atoms with Crippen molar-refractivity contribution in [3.63, 3.8) is 0 Å². The van der Waals surface area contributed by atoms with Gasteiger partial charge in [0.05, 0.1) is 22.1 Å². The van der Waals surface area contributed by atoms with Crippen LogP contribution in [0, 0.1) is 0 Å². The summed E-state index contributed by atoms with van der Waals surface area (Å²) in [5.41, 5.74) is 15.2. The molecule has 3 heterocycles. The van der Waals surface area contributed by atoms with Crippen molar-refractivity contribution in [2.45, 2.75) is 11.3 Å². The zero-order valence-electron chi connectivity index (χ0n) is 34.7. The SMILES string of the molecule is FC1(F)c2ccc(-c3ccc4c(c3)C3(c5ccccc5-4)c4ccccc4-n4c5ccccc5c5cccc3c54)cc2-c2cc(-c3nc(-c4ccccc4)nc(-c4ccccc4)n3)ccc21. The molecule has 6 heteroatoms. The summed E-state index contributed by atoms with van der Waals surface area (Å²) in [6.45, 7) is 0. The van der Waals surface area contributed by atoms with Crippen LogP contribution in [0.1, 0.15) is 33.4 Å². The highest BCUT2D eigenvalue weighted by Crippen LogP contribution is 2.62. The van der Waals surface area contributed by atoms with E-state index in [1.165, 1.54) is 61.3 Å². The van der Waals surface area contributed by atoms with Gasteiger partial charge in [-0.15, -0.1) is 0 Å². The molecule has 2 aromatic heterocycles. The molecule has 1 aliphatic heterocycles. The lowest BCUT2D eigenvalue weighted by molar-refractivity contribution is 0.0480. The summed E-state index contributed by atoms with van der Waals surface area (Å²) in [5.74, 6) is -1.74. The smallest absolute Gasteiger partial charge is 0.299 e. The molecule has 0 saturated carbocycles. The predicted octanol–water partition coefficient (Wildman–Crippen LogP) is 14.4. The lowest BCUT2D eigenvalue weighted by Crippen LogP contribution is -2.33. The Kier molecular flexibility index (Phi) is 7.29. The third-order valence-corrected chi connectivity index (χ3v) is 14.0. The lowest BCUT2D eigenvalue weighted by Gasteiger charge is -2.39. The van der Waals surface area contributed by atoms with E-state index in [-0.39, 0.29) is 11.1 Å². The Bertz CT molecular complexity index is 3760. The normalized spacial score (nSPS) is 15.7. The highest BCUT2D eigenvalue weighted by atomic mass is 19.3. The highest BCUT2D eigenvalue weighted by Gasteiger charge is 2.51. The zero-order chi connectivity index (χ0) is 43.0. The zero-order valence-corrected chi connectivity index (χ0v) is 34.7. The van der Waals surface area contributed by atoms with Gasteiger partial charge in [-0.05, 0) is 86.0 Å². The number of nitrogens with zero attached hydrogens (tertiary/aromatic N) is 4. The van der Waals surface area contributed by atoms with Crippen LogP contribution in [0.15, 0.2) is 206 Å². The van der Waals surface area contributed by atoms with Gasteiger partial charge in [0.25, 0.3) is 5.92 Å². The second kappa shape index (κ2) is 13.1. The first-order valence-electron chi connectivity index (χ1n) is 21.9. The predicted molar refractivity (Wildman–Crippen MR) is 255 cm³/mol. The van der Waals surface area contributed by atoms with Crippen LogP contribution in [0.5, 0.6) is 0 Å². The van der Waals surface area contributed by atoms with Gasteiger partial charge in [-0.1, -0.05) is 176 Å². The number of hydrogen-bond donors (Lipinski definition) is 0. The fraction of sp³-hybridized carbons (Fsp3) is 0.0339. The quantitative estimate of drug-likeness (QED) is 0.177. The number of hydrogen-bond acceptors (Lipinski definition) is 3. The lowest BCUT2D eigenvalue weighted by atomic mass is 9.65. The third kappa shape index (κ3) is 4.85. The second-order valence-electron chi connectivity index (χ2n) is 17.3. The topological polar surface area (TPSA) is 43.6 Å². The molecular weight excluding hydrogens is 803 g/mol. The summed E-state index contributed by atoms with van der Waals surface area (Å²) >= 11 is 0. The van der Waals surface area contributed by atoms with Gasteiger partial charge < -0.3 is 4.57 Å². The van der Waals surface area contributed by atoms with Crippen LogP contribution in [0.2, 0.25) is 0 Å². The summed E-state index contributed by atoms with van der Waals surface area (Å²) in [6, 6.07) is 69.7. The summed E-state index contributed by atoms with van der Waals surface area (Å²) < 4.78 is 35.5. The van der Waals surface area contributed by atoms with E-state index in [0.717, 1.165) is 27.9 Å².